The minimum absolute atomic E-state index is 0.0536. The summed E-state index contributed by atoms with van der Waals surface area (Å²) in [7, 11) is -4.32. The molecular weight excluding hydrogens is 623 g/mol. The van der Waals surface area contributed by atoms with Gasteiger partial charge in [-0.25, -0.2) is 13.4 Å². The lowest BCUT2D eigenvalue weighted by Gasteiger charge is -2.39. The number of benzene rings is 2. The first kappa shape index (κ1) is 32.2. The highest BCUT2D eigenvalue weighted by atomic mass is 32.2. The number of piperazine rings is 1. The van der Waals surface area contributed by atoms with E-state index in [9.17, 15) is 26.4 Å². The number of halogens is 3. The van der Waals surface area contributed by atoms with Gasteiger partial charge in [-0.1, -0.05) is 41.7 Å². The molecule has 44 heavy (non-hydrogen) atoms. The van der Waals surface area contributed by atoms with Crippen LogP contribution in [-0.4, -0.2) is 67.6 Å². The molecule has 0 radical (unpaired) electrons. The van der Waals surface area contributed by atoms with Crippen molar-refractivity contribution in [3.05, 3.63) is 70.7 Å². The molecule has 10 nitrogen and oxygen atoms in total. The highest BCUT2D eigenvalue weighted by Crippen LogP contribution is 2.46. The first-order valence-electron chi connectivity index (χ1n) is 13.7. The first-order chi connectivity index (χ1) is 20.6. The molecule has 3 atom stereocenters. The summed E-state index contributed by atoms with van der Waals surface area (Å²) in [5.74, 6) is -1.33. The SMILES string of the molecule is Cc1nc(N2CCN(S(=O)(=O)c3ccc(OC(F)(F)F)cc3)[C@@H](C(=O)OCc3ccccc3)C2)sc1C1OC1OC(C)(C)C. The molecule has 1 aromatic heterocycles. The Morgan fingerprint density at radius 3 is 2.39 bits per heavy atom. The van der Waals surface area contributed by atoms with Crippen molar-refractivity contribution in [2.75, 3.05) is 24.5 Å². The molecule has 3 aromatic rings. The van der Waals surface area contributed by atoms with Gasteiger partial charge in [-0.05, 0) is 57.5 Å². The van der Waals surface area contributed by atoms with E-state index in [4.69, 9.17) is 14.2 Å². The second kappa shape index (κ2) is 12.3. The maximum absolute atomic E-state index is 13.7. The van der Waals surface area contributed by atoms with Gasteiger partial charge < -0.3 is 23.8 Å². The summed E-state index contributed by atoms with van der Waals surface area (Å²) in [6.45, 7) is 7.65. The summed E-state index contributed by atoms with van der Waals surface area (Å²) in [6, 6.07) is 11.5. The van der Waals surface area contributed by atoms with E-state index in [1.54, 1.807) is 24.3 Å². The number of anilines is 1. The number of esters is 1. The minimum Gasteiger partial charge on any atom is -0.460 e. The lowest BCUT2D eigenvalue weighted by Crippen LogP contribution is -2.58. The van der Waals surface area contributed by atoms with Crippen LogP contribution in [0.2, 0.25) is 0 Å². The largest absolute Gasteiger partial charge is 0.573 e. The van der Waals surface area contributed by atoms with Gasteiger partial charge in [0.05, 0.1) is 21.1 Å². The molecule has 0 saturated carbocycles. The number of thiazole rings is 1. The number of aryl methyl sites for hydroxylation is 1. The molecule has 15 heteroatoms. The fourth-order valence-electron chi connectivity index (χ4n) is 4.71. The van der Waals surface area contributed by atoms with E-state index in [2.05, 4.69) is 9.72 Å². The van der Waals surface area contributed by atoms with Gasteiger partial charge in [0.25, 0.3) is 0 Å². The standard InChI is InChI=1S/C29H32F3N3O7S2/c1-18-24(23-26(40-23)42-28(2,3)4)43-27(33-18)34-14-15-35(22(16-34)25(36)39-17-19-8-6-5-7-9-19)44(37,38)21-12-10-20(11-13-21)41-29(30,31)32/h5-13,22-23,26H,14-17H2,1-4H3/t22-,23?,26?/m1/s1. The van der Waals surface area contributed by atoms with Crippen LogP contribution >= 0.6 is 11.3 Å². The molecule has 2 unspecified atom stereocenters. The molecule has 2 saturated heterocycles. The number of alkyl halides is 3. The summed E-state index contributed by atoms with van der Waals surface area (Å²) in [6.07, 6.45) is -5.58. The van der Waals surface area contributed by atoms with Crippen molar-refractivity contribution in [3.8, 4) is 5.75 Å². The number of hydrogen-bond acceptors (Lipinski definition) is 10. The van der Waals surface area contributed by atoms with Crippen molar-refractivity contribution in [1.82, 2.24) is 9.29 Å². The zero-order chi connectivity index (χ0) is 31.9. The third-order valence-corrected chi connectivity index (χ3v) is 9.96. The van der Waals surface area contributed by atoms with Crippen LogP contribution in [0.25, 0.3) is 0 Å². The summed E-state index contributed by atoms with van der Waals surface area (Å²) in [4.78, 5) is 20.6. The van der Waals surface area contributed by atoms with Crippen molar-refractivity contribution >= 4 is 32.5 Å². The Morgan fingerprint density at radius 2 is 1.75 bits per heavy atom. The number of carbonyl (C=O) groups excluding carboxylic acids is 1. The molecule has 0 N–H and O–H groups in total. The molecule has 0 spiro atoms. The predicted molar refractivity (Wildman–Crippen MR) is 155 cm³/mol. The number of ether oxygens (including phenoxy) is 4. The number of carbonyl (C=O) groups is 1. The van der Waals surface area contributed by atoms with Crippen LogP contribution in [0.1, 0.15) is 43.0 Å². The van der Waals surface area contributed by atoms with Crippen LogP contribution in [0.15, 0.2) is 59.5 Å². The zero-order valence-corrected chi connectivity index (χ0v) is 26.0. The van der Waals surface area contributed by atoms with Gasteiger partial charge in [-0.15, -0.1) is 13.2 Å². The smallest absolute Gasteiger partial charge is 0.460 e. The van der Waals surface area contributed by atoms with Crippen LogP contribution in [0.4, 0.5) is 18.3 Å². The Labute approximate surface area is 257 Å². The fourth-order valence-corrected chi connectivity index (χ4v) is 7.42. The topological polar surface area (TPSA) is 111 Å². The van der Waals surface area contributed by atoms with E-state index < -0.39 is 40.4 Å². The second-order valence-corrected chi connectivity index (χ2v) is 14.2. The van der Waals surface area contributed by atoms with Crippen molar-refractivity contribution in [3.63, 3.8) is 0 Å². The van der Waals surface area contributed by atoms with E-state index in [0.717, 1.165) is 44.7 Å². The number of sulfonamides is 1. The lowest BCUT2D eigenvalue weighted by atomic mass is 10.2. The van der Waals surface area contributed by atoms with Gasteiger partial charge in [-0.2, -0.15) is 4.31 Å². The van der Waals surface area contributed by atoms with E-state index in [0.29, 0.717) is 5.13 Å². The predicted octanol–water partition coefficient (Wildman–Crippen LogP) is 5.19. The molecule has 0 amide bonds. The molecule has 0 bridgehead atoms. The number of epoxide rings is 1. The van der Waals surface area contributed by atoms with Gasteiger partial charge in [-0.3, -0.25) is 4.79 Å². The van der Waals surface area contributed by atoms with Crippen molar-refractivity contribution in [2.24, 2.45) is 0 Å². The Kier molecular flexibility index (Phi) is 8.97. The highest BCUT2D eigenvalue weighted by molar-refractivity contribution is 7.89. The fraction of sp³-hybridized carbons (Fsp3) is 0.448. The van der Waals surface area contributed by atoms with Crippen molar-refractivity contribution < 1.29 is 45.3 Å². The maximum atomic E-state index is 13.7. The molecule has 5 rings (SSSR count). The van der Waals surface area contributed by atoms with Gasteiger partial charge in [0.1, 0.15) is 24.5 Å². The second-order valence-electron chi connectivity index (χ2n) is 11.3. The van der Waals surface area contributed by atoms with Crippen LogP contribution in [0, 0.1) is 6.92 Å². The third-order valence-electron chi connectivity index (χ3n) is 6.76. The van der Waals surface area contributed by atoms with Crippen LogP contribution < -0.4 is 9.64 Å². The third kappa shape index (κ3) is 7.69. The van der Waals surface area contributed by atoms with Gasteiger partial charge in [0, 0.05) is 19.6 Å². The zero-order valence-electron chi connectivity index (χ0n) is 24.4. The van der Waals surface area contributed by atoms with E-state index in [1.165, 1.54) is 11.3 Å². The number of aromatic nitrogens is 1. The van der Waals surface area contributed by atoms with E-state index in [1.807, 2.05) is 38.7 Å². The Hall–Kier alpha value is -3.24. The molecule has 2 aliphatic rings. The lowest BCUT2D eigenvalue weighted by molar-refractivity contribution is -0.274. The van der Waals surface area contributed by atoms with Crippen molar-refractivity contribution in [1.29, 1.82) is 0 Å². The molecule has 2 fully saturated rings. The van der Waals surface area contributed by atoms with Gasteiger partial charge >= 0.3 is 12.3 Å². The number of hydrogen-bond donors (Lipinski definition) is 0. The molecular formula is C29H32F3N3O7S2. The average Bonchev–Trinajstić information content (AvgIpc) is 3.58. The minimum atomic E-state index is -4.93. The quantitative estimate of drug-likeness (QED) is 0.227. The molecule has 2 aliphatic heterocycles. The molecule has 238 valence electrons. The summed E-state index contributed by atoms with van der Waals surface area (Å²) in [5, 5.41) is 0.592. The summed E-state index contributed by atoms with van der Waals surface area (Å²) >= 11 is 1.39. The Morgan fingerprint density at radius 1 is 1.07 bits per heavy atom. The van der Waals surface area contributed by atoms with Gasteiger partial charge in [0.15, 0.2) is 11.4 Å². The monoisotopic (exact) mass is 655 g/mol. The normalized spacial score (nSPS) is 21.2. The van der Waals surface area contributed by atoms with Crippen molar-refractivity contribution in [2.45, 2.75) is 69.6 Å². The molecule has 0 aliphatic carbocycles. The number of rotatable bonds is 9. The summed E-state index contributed by atoms with van der Waals surface area (Å²) < 4.78 is 87.4. The molecule has 2 aromatic carbocycles. The molecule has 3 heterocycles. The average molecular weight is 656 g/mol. The van der Waals surface area contributed by atoms with E-state index in [-0.39, 0.29) is 42.8 Å². The Bertz CT molecular complexity index is 1580. The van der Waals surface area contributed by atoms with Crippen LogP contribution in [0.3, 0.4) is 0 Å². The van der Waals surface area contributed by atoms with Crippen LogP contribution in [-0.2, 0) is 35.6 Å². The Balaban J connectivity index is 1.37. The summed E-state index contributed by atoms with van der Waals surface area (Å²) in [5.41, 5.74) is 1.08. The van der Waals surface area contributed by atoms with E-state index >= 15 is 0 Å². The van der Waals surface area contributed by atoms with Crippen LogP contribution in [0.5, 0.6) is 5.75 Å². The van der Waals surface area contributed by atoms with Gasteiger partial charge in [0.2, 0.25) is 10.0 Å². The number of nitrogens with zero attached hydrogens (tertiary/aromatic N) is 3. The first-order valence-corrected chi connectivity index (χ1v) is 16.0. The maximum Gasteiger partial charge on any atom is 0.573 e. The highest BCUT2D eigenvalue weighted by Gasteiger charge is 2.47.